The number of rotatable bonds is 3. The molecule has 148 valence electrons. The molecule has 2 aromatic rings. The number of hydrogen-bond donors (Lipinski definition) is 1. The van der Waals surface area contributed by atoms with Crippen LogP contribution in [0, 0.1) is 0 Å². The Labute approximate surface area is 170 Å². The predicted molar refractivity (Wildman–Crippen MR) is 112 cm³/mol. The third-order valence-electron chi connectivity index (χ3n) is 6.22. The second-order valence-electron chi connectivity index (χ2n) is 8.04. The van der Waals surface area contributed by atoms with Crippen molar-refractivity contribution in [3.63, 3.8) is 0 Å². The third kappa shape index (κ3) is 2.74. The third-order valence-corrected chi connectivity index (χ3v) is 7.12. The first kappa shape index (κ1) is 18.0. The largest absolute Gasteiger partial charge is 0.493 e. The Balaban J connectivity index is 1.56. The smallest absolute Gasteiger partial charge is 0.183 e. The van der Waals surface area contributed by atoms with E-state index >= 15 is 0 Å². The lowest BCUT2D eigenvalue weighted by atomic mass is 9.92. The Morgan fingerprint density at radius 1 is 1.21 bits per heavy atom. The van der Waals surface area contributed by atoms with Crippen LogP contribution in [0.5, 0.6) is 11.5 Å². The fourth-order valence-corrected chi connectivity index (χ4v) is 5.33. The zero-order valence-electron chi connectivity index (χ0n) is 16.6. The number of likely N-dealkylation sites (tertiary alicyclic amines) is 1. The Morgan fingerprint density at radius 2 is 2.04 bits per heavy atom. The molecule has 0 aliphatic carbocycles. The van der Waals surface area contributed by atoms with Crippen molar-refractivity contribution in [1.29, 1.82) is 0 Å². The van der Waals surface area contributed by atoms with Gasteiger partial charge in [0.05, 0.1) is 23.7 Å². The van der Waals surface area contributed by atoms with Crippen LogP contribution in [0.1, 0.15) is 43.2 Å². The van der Waals surface area contributed by atoms with Crippen LogP contribution >= 0.6 is 11.3 Å². The standard InChI is InChI=1S/C22H27N3O2S/c1-15(2)24-11-9-22(10-12-24)25-18(14-17(23-25)20-8-5-13-28-20)16-6-4-7-19(26-3)21(16)27-22/h4-8,13-15,18,23H,9-12H2,1-3H3/t18-/m1/s1. The fraction of sp³-hybridized carbons (Fsp3) is 0.455. The summed E-state index contributed by atoms with van der Waals surface area (Å²) in [6.07, 6.45) is 4.25. The molecule has 6 heteroatoms. The number of benzene rings is 1. The van der Waals surface area contributed by atoms with Gasteiger partial charge in [-0.25, -0.2) is 0 Å². The molecule has 3 aliphatic rings. The van der Waals surface area contributed by atoms with Crippen LogP contribution in [0.25, 0.3) is 5.70 Å². The molecular formula is C22H27N3O2S. The van der Waals surface area contributed by atoms with Gasteiger partial charge >= 0.3 is 0 Å². The van der Waals surface area contributed by atoms with Gasteiger partial charge in [-0.05, 0) is 37.4 Å². The average molecular weight is 398 g/mol. The number of fused-ring (bicyclic) bond motifs is 4. The quantitative estimate of drug-likeness (QED) is 0.838. The average Bonchev–Trinajstić information content (AvgIpc) is 3.38. The highest BCUT2D eigenvalue weighted by Gasteiger charge is 2.52. The number of nitrogens with zero attached hydrogens (tertiary/aromatic N) is 2. The summed E-state index contributed by atoms with van der Waals surface area (Å²) in [5, 5.41) is 4.47. The number of piperidine rings is 1. The van der Waals surface area contributed by atoms with Crippen molar-refractivity contribution in [3.05, 3.63) is 52.2 Å². The number of methoxy groups -OCH3 is 1. The maximum absolute atomic E-state index is 6.77. The molecule has 1 atom stereocenters. The van der Waals surface area contributed by atoms with Crippen molar-refractivity contribution in [2.75, 3.05) is 20.2 Å². The number of ether oxygens (including phenoxy) is 2. The van der Waals surface area contributed by atoms with Gasteiger partial charge in [-0.1, -0.05) is 18.2 Å². The van der Waals surface area contributed by atoms with Crippen LogP contribution in [0.4, 0.5) is 0 Å². The predicted octanol–water partition coefficient (Wildman–Crippen LogP) is 4.25. The number of para-hydroxylation sites is 1. The van der Waals surface area contributed by atoms with Gasteiger partial charge in [0.1, 0.15) is 0 Å². The van der Waals surface area contributed by atoms with Crippen molar-refractivity contribution in [3.8, 4) is 11.5 Å². The first-order chi connectivity index (χ1) is 13.6. The van der Waals surface area contributed by atoms with Gasteiger partial charge in [-0.15, -0.1) is 11.3 Å². The molecule has 0 bridgehead atoms. The molecule has 1 saturated heterocycles. The van der Waals surface area contributed by atoms with Gasteiger partial charge in [0.25, 0.3) is 0 Å². The van der Waals surface area contributed by atoms with Crippen molar-refractivity contribution in [1.82, 2.24) is 15.3 Å². The molecule has 0 amide bonds. The highest BCUT2D eigenvalue weighted by atomic mass is 32.1. The number of hydrazine groups is 1. The zero-order valence-corrected chi connectivity index (χ0v) is 17.5. The summed E-state index contributed by atoms with van der Waals surface area (Å²) in [6.45, 7) is 6.60. The van der Waals surface area contributed by atoms with E-state index in [4.69, 9.17) is 9.47 Å². The van der Waals surface area contributed by atoms with Gasteiger partial charge in [-0.3, -0.25) is 0 Å². The highest BCUT2D eigenvalue weighted by Crippen LogP contribution is 2.51. The minimum absolute atomic E-state index is 0.140. The lowest BCUT2D eigenvalue weighted by Gasteiger charge is -2.52. The second kappa shape index (κ2) is 6.79. The first-order valence-electron chi connectivity index (χ1n) is 10.0. The van der Waals surface area contributed by atoms with Gasteiger partial charge in [0.15, 0.2) is 17.2 Å². The van der Waals surface area contributed by atoms with Crippen LogP contribution in [-0.4, -0.2) is 41.9 Å². The lowest BCUT2D eigenvalue weighted by Crippen LogP contribution is -2.64. The Hall–Kier alpha value is -2.02. The van der Waals surface area contributed by atoms with Crippen molar-refractivity contribution in [2.45, 2.75) is 44.5 Å². The highest BCUT2D eigenvalue weighted by molar-refractivity contribution is 7.11. The first-order valence-corrected chi connectivity index (χ1v) is 10.9. The minimum atomic E-state index is -0.368. The van der Waals surface area contributed by atoms with E-state index < -0.39 is 0 Å². The summed E-state index contributed by atoms with van der Waals surface area (Å²) in [7, 11) is 1.72. The van der Waals surface area contributed by atoms with Crippen LogP contribution < -0.4 is 14.9 Å². The van der Waals surface area contributed by atoms with Gasteiger partial charge < -0.3 is 19.8 Å². The molecule has 3 aliphatic heterocycles. The Kier molecular flexibility index (Phi) is 4.38. The fourth-order valence-electron chi connectivity index (χ4n) is 4.63. The molecule has 0 unspecified atom stereocenters. The summed E-state index contributed by atoms with van der Waals surface area (Å²) < 4.78 is 12.4. The number of thiophene rings is 1. The van der Waals surface area contributed by atoms with Gasteiger partial charge in [0.2, 0.25) is 0 Å². The molecule has 5 nitrogen and oxygen atoms in total. The molecule has 28 heavy (non-hydrogen) atoms. The summed E-state index contributed by atoms with van der Waals surface area (Å²) in [4.78, 5) is 3.79. The molecule has 1 aromatic carbocycles. The SMILES string of the molecule is COc1cccc2c1OC1(CCN(C(C)C)CC1)N1NC(c3cccs3)=C[C@H]21. The Morgan fingerprint density at radius 3 is 2.71 bits per heavy atom. The molecule has 1 aromatic heterocycles. The van der Waals surface area contributed by atoms with E-state index in [2.05, 4.69) is 64.9 Å². The molecular weight excluding hydrogens is 370 g/mol. The summed E-state index contributed by atoms with van der Waals surface area (Å²) >= 11 is 1.76. The van der Waals surface area contributed by atoms with E-state index in [0.717, 1.165) is 43.0 Å². The van der Waals surface area contributed by atoms with Crippen molar-refractivity contribution in [2.24, 2.45) is 0 Å². The van der Waals surface area contributed by atoms with E-state index in [-0.39, 0.29) is 11.8 Å². The monoisotopic (exact) mass is 397 g/mol. The number of hydrogen-bond acceptors (Lipinski definition) is 6. The molecule has 1 N–H and O–H groups in total. The van der Waals surface area contributed by atoms with Crippen LogP contribution in [-0.2, 0) is 0 Å². The van der Waals surface area contributed by atoms with E-state index in [9.17, 15) is 0 Å². The van der Waals surface area contributed by atoms with Gasteiger partial charge in [-0.2, -0.15) is 5.01 Å². The van der Waals surface area contributed by atoms with Gasteiger partial charge in [0, 0.05) is 37.5 Å². The topological polar surface area (TPSA) is 37.0 Å². The zero-order chi connectivity index (χ0) is 19.3. The summed E-state index contributed by atoms with van der Waals surface area (Å²) in [6, 6.07) is 11.2. The summed E-state index contributed by atoms with van der Waals surface area (Å²) in [5.74, 6) is 1.72. The molecule has 1 fully saturated rings. The molecule has 0 radical (unpaired) electrons. The van der Waals surface area contributed by atoms with E-state index in [0.29, 0.717) is 6.04 Å². The molecule has 4 heterocycles. The lowest BCUT2D eigenvalue weighted by molar-refractivity contribution is -0.162. The number of nitrogens with one attached hydrogen (secondary N) is 1. The second-order valence-corrected chi connectivity index (χ2v) is 8.99. The van der Waals surface area contributed by atoms with E-state index in [1.165, 1.54) is 10.6 Å². The molecule has 1 spiro atoms. The van der Waals surface area contributed by atoms with Crippen LogP contribution in [0.15, 0.2) is 41.8 Å². The summed E-state index contributed by atoms with van der Waals surface area (Å²) in [5.41, 5.74) is 5.66. The van der Waals surface area contributed by atoms with Crippen LogP contribution in [0.2, 0.25) is 0 Å². The minimum Gasteiger partial charge on any atom is -0.493 e. The van der Waals surface area contributed by atoms with Crippen molar-refractivity contribution < 1.29 is 9.47 Å². The maximum atomic E-state index is 6.77. The molecule has 0 saturated carbocycles. The molecule has 5 rings (SSSR count). The van der Waals surface area contributed by atoms with E-state index in [1.807, 2.05) is 6.07 Å². The van der Waals surface area contributed by atoms with E-state index in [1.54, 1.807) is 18.4 Å². The van der Waals surface area contributed by atoms with Crippen LogP contribution in [0.3, 0.4) is 0 Å². The maximum Gasteiger partial charge on any atom is 0.183 e. The normalized spacial score (nSPS) is 23.7. The van der Waals surface area contributed by atoms with Crippen molar-refractivity contribution >= 4 is 17.0 Å². The Bertz CT molecular complexity index is 885.